The van der Waals surface area contributed by atoms with Gasteiger partial charge in [0.2, 0.25) is 15.6 Å². The van der Waals surface area contributed by atoms with Gasteiger partial charge in [0.25, 0.3) is 0 Å². The summed E-state index contributed by atoms with van der Waals surface area (Å²) in [7, 11) is -4.12. The van der Waals surface area contributed by atoms with E-state index in [0.29, 0.717) is 5.56 Å². The summed E-state index contributed by atoms with van der Waals surface area (Å²) in [5.74, 6) is -1.12. The maximum Gasteiger partial charge on any atom is 0.375 e. The molecule has 4 aromatic carbocycles. The van der Waals surface area contributed by atoms with Crippen LogP contribution in [0.25, 0.3) is 0 Å². The van der Waals surface area contributed by atoms with E-state index in [9.17, 15) is 13.2 Å². The fraction of sp³-hybridized carbons (Fsp3) is 0.0690. The zero-order valence-electron chi connectivity index (χ0n) is 18.7. The van der Waals surface area contributed by atoms with E-state index in [4.69, 9.17) is 9.47 Å². The Morgan fingerprint density at radius 2 is 1.11 bits per heavy atom. The number of hydrogen-bond donors (Lipinski definition) is 0. The molecule has 0 fully saturated rings. The van der Waals surface area contributed by atoms with Crippen LogP contribution in [-0.4, -0.2) is 14.4 Å². The molecular formula is C29H22O5S. The van der Waals surface area contributed by atoms with Crippen LogP contribution in [0.3, 0.4) is 0 Å². The van der Waals surface area contributed by atoms with Gasteiger partial charge in [-0.15, -0.1) is 0 Å². The van der Waals surface area contributed by atoms with Gasteiger partial charge in [0.05, 0.1) is 4.90 Å². The molecule has 0 amide bonds. The number of sulfone groups is 1. The number of carbonyl (C=O) groups is 1. The second kappa shape index (κ2) is 9.60. The Bertz CT molecular complexity index is 1410. The van der Waals surface area contributed by atoms with Crippen LogP contribution < -0.4 is 0 Å². The van der Waals surface area contributed by atoms with Crippen LogP contribution in [0.5, 0.6) is 0 Å². The summed E-state index contributed by atoms with van der Waals surface area (Å²) >= 11 is 0. The number of carbonyl (C=O) groups excluding carboxylic acids is 1. The van der Waals surface area contributed by atoms with Crippen LogP contribution in [0.4, 0.5) is 0 Å². The summed E-state index contributed by atoms with van der Waals surface area (Å²) in [4.78, 5) is 13.0. The van der Waals surface area contributed by atoms with Crippen LogP contribution in [0.2, 0.25) is 0 Å². The maximum atomic E-state index is 13.9. The highest BCUT2D eigenvalue weighted by Crippen LogP contribution is 2.43. The average Bonchev–Trinajstić information content (AvgIpc) is 3.26. The molecule has 0 unspecified atom stereocenters. The van der Waals surface area contributed by atoms with Gasteiger partial charge >= 0.3 is 5.97 Å². The van der Waals surface area contributed by atoms with Crippen molar-refractivity contribution in [3.63, 3.8) is 0 Å². The fourth-order valence-corrected chi connectivity index (χ4v) is 5.69. The lowest BCUT2D eigenvalue weighted by atomic mass is 10.0. The predicted octanol–water partition coefficient (Wildman–Crippen LogP) is 5.78. The molecule has 0 saturated heterocycles. The number of esters is 1. The predicted molar refractivity (Wildman–Crippen MR) is 132 cm³/mol. The molecule has 5 rings (SSSR count). The lowest BCUT2D eigenvalue weighted by Crippen LogP contribution is -2.14. The Balaban J connectivity index is 1.69. The smallest absolute Gasteiger partial charge is 0.375 e. The minimum atomic E-state index is -4.12. The second-order valence-electron chi connectivity index (χ2n) is 8.03. The lowest BCUT2D eigenvalue weighted by molar-refractivity contribution is -0.143. The molecule has 174 valence electrons. The zero-order chi connectivity index (χ0) is 24.3. The molecule has 1 atom stereocenters. The van der Waals surface area contributed by atoms with Crippen molar-refractivity contribution in [2.75, 3.05) is 0 Å². The van der Waals surface area contributed by atoms with Crippen molar-refractivity contribution in [2.45, 2.75) is 17.1 Å². The van der Waals surface area contributed by atoms with Gasteiger partial charge in [-0.2, -0.15) is 0 Å². The van der Waals surface area contributed by atoms with Crippen molar-refractivity contribution >= 4 is 15.8 Å². The molecule has 5 nitrogen and oxygen atoms in total. The normalized spacial score (nSPS) is 15.8. The van der Waals surface area contributed by atoms with Crippen LogP contribution in [0.1, 0.15) is 28.9 Å². The lowest BCUT2D eigenvalue weighted by Gasteiger charge is -2.20. The van der Waals surface area contributed by atoms with Gasteiger partial charge in [-0.3, -0.25) is 0 Å². The van der Waals surface area contributed by atoms with Gasteiger partial charge < -0.3 is 9.47 Å². The van der Waals surface area contributed by atoms with Crippen molar-refractivity contribution in [1.29, 1.82) is 0 Å². The molecule has 0 radical (unpaired) electrons. The highest BCUT2D eigenvalue weighted by molar-refractivity contribution is 7.95. The summed E-state index contributed by atoms with van der Waals surface area (Å²) < 4.78 is 39.6. The van der Waals surface area contributed by atoms with E-state index < -0.39 is 28.0 Å². The molecule has 6 heteroatoms. The van der Waals surface area contributed by atoms with Gasteiger partial charge in [-0.25, -0.2) is 13.2 Å². The van der Waals surface area contributed by atoms with Gasteiger partial charge in [0.15, 0.2) is 6.10 Å². The first-order chi connectivity index (χ1) is 17.1. The maximum absolute atomic E-state index is 13.9. The Morgan fingerprint density at radius 1 is 0.657 bits per heavy atom. The van der Waals surface area contributed by atoms with Crippen molar-refractivity contribution < 1.29 is 22.7 Å². The Morgan fingerprint density at radius 3 is 1.63 bits per heavy atom. The molecule has 1 aliphatic heterocycles. The first-order valence-corrected chi connectivity index (χ1v) is 12.6. The number of hydrogen-bond acceptors (Lipinski definition) is 5. The highest BCUT2D eigenvalue weighted by Gasteiger charge is 2.45. The van der Waals surface area contributed by atoms with Crippen molar-refractivity contribution in [2.24, 2.45) is 0 Å². The summed E-state index contributed by atoms with van der Waals surface area (Å²) in [6.45, 7) is 0. The Kier molecular flexibility index (Phi) is 6.21. The molecule has 0 N–H and O–H groups in total. The van der Waals surface area contributed by atoms with E-state index in [2.05, 4.69) is 0 Å². The quantitative estimate of drug-likeness (QED) is 0.313. The molecule has 0 aromatic heterocycles. The van der Waals surface area contributed by atoms with E-state index in [1.807, 2.05) is 66.7 Å². The van der Waals surface area contributed by atoms with E-state index in [0.717, 1.165) is 11.1 Å². The Labute approximate surface area is 204 Å². The summed E-state index contributed by atoms with van der Waals surface area (Å²) in [5, 5.41) is 0. The van der Waals surface area contributed by atoms with Crippen LogP contribution >= 0.6 is 0 Å². The molecule has 4 aromatic rings. The third kappa shape index (κ3) is 4.48. The third-order valence-electron chi connectivity index (χ3n) is 5.76. The summed E-state index contributed by atoms with van der Waals surface area (Å²) in [6.07, 6.45) is -1.83. The van der Waals surface area contributed by atoms with Crippen molar-refractivity contribution in [1.82, 2.24) is 0 Å². The van der Waals surface area contributed by atoms with Crippen molar-refractivity contribution in [3.8, 4) is 0 Å². The molecule has 35 heavy (non-hydrogen) atoms. The fourth-order valence-electron chi connectivity index (χ4n) is 4.08. The van der Waals surface area contributed by atoms with Gasteiger partial charge in [-0.1, -0.05) is 109 Å². The SMILES string of the molecule is O=C1O[C@@H](c2ccccc2)C(S(=O)(=O)c2ccccc2)=C1OC(c1ccccc1)c1ccccc1. The molecule has 1 aliphatic rings. The van der Waals surface area contributed by atoms with Crippen molar-refractivity contribution in [3.05, 3.63) is 149 Å². The molecular weight excluding hydrogens is 460 g/mol. The number of rotatable bonds is 7. The van der Waals surface area contributed by atoms with E-state index in [1.165, 1.54) is 12.1 Å². The van der Waals surface area contributed by atoms with E-state index >= 15 is 0 Å². The van der Waals surface area contributed by atoms with Crippen LogP contribution in [0.15, 0.2) is 137 Å². The number of benzene rings is 4. The monoisotopic (exact) mass is 482 g/mol. The summed E-state index contributed by atoms with van der Waals surface area (Å²) in [6, 6.07) is 35.5. The van der Waals surface area contributed by atoms with Gasteiger partial charge in [0, 0.05) is 0 Å². The van der Waals surface area contributed by atoms with E-state index in [1.54, 1.807) is 42.5 Å². The van der Waals surface area contributed by atoms with Gasteiger partial charge in [-0.05, 0) is 28.8 Å². The first-order valence-electron chi connectivity index (χ1n) is 11.1. The second-order valence-corrected chi connectivity index (χ2v) is 9.94. The Hall–Kier alpha value is -4.16. The average molecular weight is 483 g/mol. The molecule has 0 aliphatic carbocycles. The zero-order valence-corrected chi connectivity index (χ0v) is 19.5. The molecule has 1 heterocycles. The van der Waals surface area contributed by atoms with Gasteiger partial charge in [0.1, 0.15) is 11.0 Å². The minimum absolute atomic E-state index is 0.0614. The third-order valence-corrected chi connectivity index (χ3v) is 7.63. The topological polar surface area (TPSA) is 69.7 Å². The van der Waals surface area contributed by atoms with Crippen LogP contribution in [0, 0.1) is 0 Å². The summed E-state index contributed by atoms with van der Waals surface area (Å²) in [5.41, 5.74) is 2.10. The largest absolute Gasteiger partial charge is 0.473 e. The number of cyclic esters (lactones) is 1. The number of ether oxygens (including phenoxy) is 2. The molecule has 0 saturated carbocycles. The molecule has 0 spiro atoms. The highest BCUT2D eigenvalue weighted by atomic mass is 32.2. The van der Waals surface area contributed by atoms with Crippen LogP contribution in [-0.2, 0) is 24.1 Å². The standard InChI is InChI=1S/C29H22O5S/c30-29-27(33-25(21-13-5-1-6-14-21)22-15-7-2-8-16-22)28(26(34-29)23-17-9-3-10-18-23)35(31,32)24-19-11-4-12-20-24/h1-20,25-26H/t26-/m0/s1. The molecule has 0 bridgehead atoms. The first kappa shape index (κ1) is 22.6. The van der Waals surface area contributed by atoms with E-state index in [-0.39, 0.29) is 15.6 Å². The minimum Gasteiger partial charge on any atom is -0.473 e.